The molecule has 0 bridgehead atoms. The van der Waals surface area contributed by atoms with Gasteiger partial charge in [-0.3, -0.25) is 0 Å². The standard InChI is InChI=1S/C14H10BrFN2S/c15-10-5-9(6-11(16)7-10)8-19-14-17-12-3-1-2-4-13(12)18-14/h1-7H,8H2,(H,17,18). The van der Waals surface area contributed by atoms with Crippen molar-refractivity contribution in [3.63, 3.8) is 0 Å². The molecule has 96 valence electrons. The second-order valence-corrected chi connectivity index (χ2v) is 6.01. The van der Waals surface area contributed by atoms with Crippen molar-refractivity contribution in [3.8, 4) is 0 Å². The number of H-pyrrole nitrogens is 1. The maximum Gasteiger partial charge on any atom is 0.166 e. The Morgan fingerprint density at radius 3 is 2.84 bits per heavy atom. The number of nitrogens with zero attached hydrogens (tertiary/aromatic N) is 1. The molecule has 0 radical (unpaired) electrons. The number of aromatic amines is 1. The van der Waals surface area contributed by atoms with Crippen molar-refractivity contribution in [2.24, 2.45) is 0 Å². The van der Waals surface area contributed by atoms with Crippen LogP contribution in [-0.4, -0.2) is 9.97 Å². The zero-order valence-electron chi connectivity index (χ0n) is 9.86. The van der Waals surface area contributed by atoms with Gasteiger partial charge in [-0.05, 0) is 35.9 Å². The third-order valence-electron chi connectivity index (χ3n) is 2.67. The Balaban J connectivity index is 1.78. The number of para-hydroxylation sites is 2. The number of thioether (sulfide) groups is 1. The third-order valence-corrected chi connectivity index (χ3v) is 4.07. The van der Waals surface area contributed by atoms with E-state index in [1.54, 1.807) is 17.8 Å². The third kappa shape index (κ3) is 2.98. The molecule has 0 spiro atoms. The normalized spacial score (nSPS) is 11.1. The summed E-state index contributed by atoms with van der Waals surface area (Å²) in [4.78, 5) is 7.72. The second-order valence-electron chi connectivity index (χ2n) is 4.13. The van der Waals surface area contributed by atoms with Crippen LogP contribution >= 0.6 is 27.7 Å². The summed E-state index contributed by atoms with van der Waals surface area (Å²) in [6.45, 7) is 0. The molecular formula is C14H10BrFN2S. The smallest absolute Gasteiger partial charge is 0.166 e. The van der Waals surface area contributed by atoms with Gasteiger partial charge in [-0.1, -0.05) is 39.8 Å². The summed E-state index contributed by atoms with van der Waals surface area (Å²) in [6.07, 6.45) is 0. The Bertz CT molecular complexity index is 673. The van der Waals surface area contributed by atoms with Gasteiger partial charge in [0.2, 0.25) is 0 Å². The first-order chi connectivity index (χ1) is 9.20. The van der Waals surface area contributed by atoms with Gasteiger partial charge in [-0.25, -0.2) is 9.37 Å². The first-order valence-corrected chi connectivity index (χ1v) is 7.51. The Morgan fingerprint density at radius 1 is 1.21 bits per heavy atom. The van der Waals surface area contributed by atoms with Gasteiger partial charge in [0.15, 0.2) is 5.16 Å². The van der Waals surface area contributed by atoms with Crippen molar-refractivity contribution in [1.29, 1.82) is 0 Å². The largest absolute Gasteiger partial charge is 0.333 e. The number of fused-ring (bicyclic) bond motifs is 1. The number of rotatable bonds is 3. The summed E-state index contributed by atoms with van der Waals surface area (Å²) in [5.41, 5.74) is 2.90. The molecule has 0 saturated carbocycles. The Kier molecular flexibility index (Phi) is 3.57. The highest BCUT2D eigenvalue weighted by Gasteiger charge is 2.04. The van der Waals surface area contributed by atoms with Crippen molar-refractivity contribution in [2.75, 3.05) is 0 Å². The van der Waals surface area contributed by atoms with Crippen molar-refractivity contribution in [1.82, 2.24) is 9.97 Å². The zero-order chi connectivity index (χ0) is 13.2. The van der Waals surface area contributed by atoms with Crippen LogP contribution in [0.3, 0.4) is 0 Å². The van der Waals surface area contributed by atoms with Gasteiger partial charge in [0.1, 0.15) is 5.82 Å². The van der Waals surface area contributed by atoms with Gasteiger partial charge in [0, 0.05) is 10.2 Å². The predicted molar refractivity (Wildman–Crippen MR) is 79.8 cm³/mol. The van der Waals surface area contributed by atoms with Crippen LogP contribution < -0.4 is 0 Å². The molecule has 0 amide bonds. The topological polar surface area (TPSA) is 28.7 Å². The number of nitrogens with one attached hydrogen (secondary N) is 1. The minimum Gasteiger partial charge on any atom is -0.333 e. The van der Waals surface area contributed by atoms with Crippen LogP contribution in [0.5, 0.6) is 0 Å². The maximum absolute atomic E-state index is 13.3. The van der Waals surface area contributed by atoms with Crippen molar-refractivity contribution >= 4 is 38.7 Å². The molecule has 0 unspecified atom stereocenters. The molecule has 5 heteroatoms. The molecule has 19 heavy (non-hydrogen) atoms. The van der Waals surface area contributed by atoms with Crippen molar-refractivity contribution in [3.05, 3.63) is 58.3 Å². The lowest BCUT2D eigenvalue weighted by molar-refractivity contribution is 0.625. The Labute approximate surface area is 122 Å². The fraction of sp³-hybridized carbons (Fsp3) is 0.0714. The molecule has 0 saturated heterocycles. The van der Waals surface area contributed by atoms with E-state index in [0.717, 1.165) is 26.2 Å². The first kappa shape index (κ1) is 12.7. The summed E-state index contributed by atoms with van der Waals surface area (Å²) in [5, 5.41) is 0.849. The monoisotopic (exact) mass is 336 g/mol. The lowest BCUT2D eigenvalue weighted by Crippen LogP contribution is -1.84. The maximum atomic E-state index is 13.3. The number of aromatic nitrogens is 2. The Morgan fingerprint density at radius 2 is 2.05 bits per heavy atom. The average molecular weight is 337 g/mol. The molecular weight excluding hydrogens is 327 g/mol. The van der Waals surface area contributed by atoms with Crippen LogP contribution in [0.4, 0.5) is 4.39 Å². The SMILES string of the molecule is Fc1cc(Br)cc(CSc2nc3ccccc3[nH]2)c1. The fourth-order valence-corrected chi connectivity index (χ4v) is 3.17. The zero-order valence-corrected chi connectivity index (χ0v) is 12.3. The van der Waals surface area contributed by atoms with Crippen LogP contribution in [0, 0.1) is 5.82 Å². The predicted octanol–water partition coefficient (Wildman–Crippen LogP) is 4.76. The van der Waals surface area contributed by atoms with Crippen LogP contribution in [0.25, 0.3) is 11.0 Å². The molecule has 3 aromatic rings. The molecule has 1 heterocycles. The summed E-state index contributed by atoms with van der Waals surface area (Å²) >= 11 is 4.86. The van der Waals surface area contributed by atoms with E-state index in [-0.39, 0.29) is 5.82 Å². The minimum absolute atomic E-state index is 0.227. The van der Waals surface area contributed by atoms with Gasteiger partial charge in [0.25, 0.3) is 0 Å². The van der Waals surface area contributed by atoms with Gasteiger partial charge in [-0.15, -0.1) is 0 Å². The van der Waals surface area contributed by atoms with Gasteiger partial charge >= 0.3 is 0 Å². The highest BCUT2D eigenvalue weighted by atomic mass is 79.9. The van der Waals surface area contributed by atoms with Gasteiger partial charge in [0.05, 0.1) is 11.0 Å². The van der Waals surface area contributed by atoms with Crippen LogP contribution in [-0.2, 0) is 5.75 Å². The van der Waals surface area contributed by atoms with E-state index >= 15 is 0 Å². The van der Waals surface area contributed by atoms with Gasteiger partial charge in [-0.2, -0.15) is 0 Å². The summed E-state index contributed by atoms with van der Waals surface area (Å²) in [7, 11) is 0. The quantitative estimate of drug-likeness (QED) is 0.698. The second kappa shape index (κ2) is 5.35. The molecule has 1 N–H and O–H groups in total. The number of imidazole rings is 1. The van der Waals surface area contributed by atoms with Crippen molar-refractivity contribution < 1.29 is 4.39 Å². The molecule has 0 atom stereocenters. The first-order valence-electron chi connectivity index (χ1n) is 5.73. The number of benzene rings is 2. The van der Waals surface area contributed by atoms with Crippen LogP contribution in [0.15, 0.2) is 52.1 Å². The minimum atomic E-state index is -0.227. The lowest BCUT2D eigenvalue weighted by atomic mass is 10.2. The van der Waals surface area contributed by atoms with E-state index in [1.165, 1.54) is 6.07 Å². The van der Waals surface area contributed by atoms with E-state index in [1.807, 2.05) is 30.3 Å². The number of halogens is 2. The molecule has 0 fully saturated rings. The molecule has 1 aromatic heterocycles. The van der Waals surface area contributed by atoms with E-state index in [0.29, 0.717) is 5.75 Å². The molecule has 2 aromatic carbocycles. The van der Waals surface area contributed by atoms with Gasteiger partial charge < -0.3 is 4.98 Å². The molecule has 0 aliphatic heterocycles. The lowest BCUT2D eigenvalue weighted by Gasteiger charge is -2.00. The molecule has 0 aliphatic carbocycles. The van der Waals surface area contributed by atoms with Crippen LogP contribution in [0.1, 0.15) is 5.56 Å². The number of hydrogen-bond acceptors (Lipinski definition) is 2. The highest BCUT2D eigenvalue weighted by Crippen LogP contribution is 2.24. The van der Waals surface area contributed by atoms with Crippen LogP contribution in [0.2, 0.25) is 0 Å². The van der Waals surface area contributed by atoms with E-state index in [2.05, 4.69) is 25.9 Å². The van der Waals surface area contributed by atoms with E-state index in [4.69, 9.17) is 0 Å². The number of hydrogen-bond donors (Lipinski definition) is 1. The molecule has 0 aliphatic rings. The Hall–Kier alpha value is -1.33. The average Bonchev–Trinajstić information content (AvgIpc) is 2.78. The molecule has 2 nitrogen and oxygen atoms in total. The molecule has 3 rings (SSSR count). The van der Waals surface area contributed by atoms with E-state index in [9.17, 15) is 4.39 Å². The summed E-state index contributed by atoms with van der Waals surface area (Å²) < 4.78 is 14.0. The summed E-state index contributed by atoms with van der Waals surface area (Å²) in [6, 6.07) is 12.8. The van der Waals surface area contributed by atoms with Crippen molar-refractivity contribution in [2.45, 2.75) is 10.9 Å². The summed E-state index contributed by atoms with van der Waals surface area (Å²) in [5.74, 6) is 0.450. The van der Waals surface area contributed by atoms with E-state index < -0.39 is 0 Å². The fourth-order valence-electron chi connectivity index (χ4n) is 1.84. The highest BCUT2D eigenvalue weighted by molar-refractivity contribution is 9.10.